The summed E-state index contributed by atoms with van der Waals surface area (Å²) >= 11 is 6.21. The van der Waals surface area contributed by atoms with E-state index >= 15 is 0 Å². The van der Waals surface area contributed by atoms with Crippen LogP contribution in [-0.2, 0) is 19.1 Å². The van der Waals surface area contributed by atoms with Gasteiger partial charge in [0.15, 0.2) is 0 Å². The van der Waals surface area contributed by atoms with Crippen LogP contribution in [0.15, 0.2) is 42.5 Å². The van der Waals surface area contributed by atoms with E-state index in [1.54, 1.807) is 0 Å². The number of hydrogen-bond donors (Lipinski definition) is 1. The zero-order valence-corrected chi connectivity index (χ0v) is 24.4. The predicted octanol–water partition coefficient (Wildman–Crippen LogP) is 6.95. The van der Waals surface area contributed by atoms with Crippen molar-refractivity contribution in [2.24, 2.45) is 0 Å². The molecule has 0 aliphatic heterocycles. The number of unbranched alkanes of at least 4 members (excludes halogenated alkanes) is 3. The number of hydrogen-bond acceptors (Lipinski definition) is 6. The van der Waals surface area contributed by atoms with E-state index in [1.807, 2.05) is 32.6 Å². The Morgan fingerprint density at radius 3 is 2.11 bits per heavy atom. The van der Waals surface area contributed by atoms with Crippen molar-refractivity contribution in [3.05, 3.63) is 64.2 Å². The Morgan fingerprint density at radius 1 is 0.946 bits per heavy atom. The van der Waals surface area contributed by atoms with Crippen LogP contribution in [0.2, 0.25) is 5.02 Å². The van der Waals surface area contributed by atoms with Gasteiger partial charge in [-0.1, -0.05) is 69.0 Å². The highest BCUT2D eigenvalue weighted by Gasteiger charge is 2.19. The summed E-state index contributed by atoms with van der Waals surface area (Å²) in [5.74, 6) is -0.0887. The number of anilines is 1. The van der Waals surface area contributed by atoms with Gasteiger partial charge in [-0.3, -0.25) is 4.79 Å². The molecule has 0 amide bonds. The lowest BCUT2D eigenvalue weighted by atomic mass is 9.93. The SMILES string of the molecule is C=O.C=O.CCC.CCOC(=O)CCCCCCNC(c1ccc(Cl)cc1C)c1ccccc1N(C)C. The Labute approximate surface area is 229 Å². The second-order valence-electron chi connectivity index (χ2n) is 8.52. The van der Waals surface area contributed by atoms with Gasteiger partial charge in [-0.15, -0.1) is 0 Å². The molecule has 0 radical (unpaired) electrons. The third-order valence-corrected chi connectivity index (χ3v) is 5.47. The van der Waals surface area contributed by atoms with E-state index in [4.69, 9.17) is 25.9 Å². The molecule has 0 saturated heterocycles. The quantitative estimate of drug-likeness (QED) is 0.234. The molecule has 0 aromatic heterocycles. The van der Waals surface area contributed by atoms with E-state index in [0.717, 1.165) is 37.3 Å². The summed E-state index contributed by atoms with van der Waals surface area (Å²) in [5, 5.41) is 4.53. The molecule has 2 aromatic rings. The highest BCUT2D eigenvalue weighted by atomic mass is 35.5. The number of esters is 1. The van der Waals surface area contributed by atoms with Gasteiger partial charge in [0.1, 0.15) is 13.6 Å². The molecule has 0 fully saturated rings. The maximum Gasteiger partial charge on any atom is 0.305 e. The van der Waals surface area contributed by atoms with Gasteiger partial charge < -0.3 is 24.5 Å². The van der Waals surface area contributed by atoms with Crippen LogP contribution in [0, 0.1) is 6.92 Å². The molecule has 0 heterocycles. The van der Waals surface area contributed by atoms with E-state index in [-0.39, 0.29) is 12.0 Å². The van der Waals surface area contributed by atoms with E-state index < -0.39 is 0 Å². The Balaban J connectivity index is 0. The van der Waals surface area contributed by atoms with E-state index in [1.165, 1.54) is 28.8 Å². The summed E-state index contributed by atoms with van der Waals surface area (Å²) in [6, 6.07) is 14.7. The second-order valence-corrected chi connectivity index (χ2v) is 8.95. The summed E-state index contributed by atoms with van der Waals surface area (Å²) in [6.07, 6.45) is 5.86. The van der Waals surface area contributed by atoms with Crippen LogP contribution < -0.4 is 10.2 Å². The lowest BCUT2D eigenvalue weighted by molar-refractivity contribution is -0.143. The number of carbonyl (C=O) groups is 3. The summed E-state index contributed by atoms with van der Waals surface area (Å²) in [5.41, 5.74) is 4.90. The average Bonchev–Trinajstić information content (AvgIpc) is 2.89. The topological polar surface area (TPSA) is 75.7 Å². The van der Waals surface area contributed by atoms with Crippen molar-refractivity contribution in [2.45, 2.75) is 72.3 Å². The zero-order valence-electron chi connectivity index (χ0n) is 23.6. The summed E-state index contributed by atoms with van der Waals surface area (Å²) in [6.45, 7) is 13.6. The van der Waals surface area contributed by atoms with Crippen molar-refractivity contribution in [3.63, 3.8) is 0 Å². The number of para-hydroxylation sites is 1. The van der Waals surface area contributed by atoms with E-state index in [0.29, 0.717) is 13.0 Å². The van der Waals surface area contributed by atoms with Crippen molar-refractivity contribution in [2.75, 3.05) is 32.1 Å². The molecule has 2 aromatic carbocycles. The predicted molar refractivity (Wildman–Crippen MR) is 157 cm³/mol. The first-order valence-electron chi connectivity index (χ1n) is 12.8. The first-order valence-corrected chi connectivity index (χ1v) is 13.2. The van der Waals surface area contributed by atoms with Crippen LogP contribution in [0.1, 0.15) is 82.0 Å². The van der Waals surface area contributed by atoms with Crippen LogP contribution in [0.25, 0.3) is 0 Å². The maximum atomic E-state index is 11.4. The Kier molecular flexibility index (Phi) is 23.3. The van der Waals surface area contributed by atoms with Gasteiger partial charge in [0.2, 0.25) is 0 Å². The summed E-state index contributed by atoms with van der Waals surface area (Å²) < 4.78 is 4.98. The molecule has 1 unspecified atom stereocenters. The molecule has 0 aliphatic rings. The molecular weight excluding hydrogens is 488 g/mol. The number of nitrogens with one attached hydrogen (secondary N) is 1. The summed E-state index contributed by atoms with van der Waals surface area (Å²) in [7, 11) is 4.16. The maximum absolute atomic E-state index is 11.4. The number of ether oxygens (including phenoxy) is 1. The Morgan fingerprint density at radius 2 is 1.54 bits per heavy atom. The molecule has 6 nitrogen and oxygen atoms in total. The smallest absolute Gasteiger partial charge is 0.305 e. The van der Waals surface area contributed by atoms with Crippen molar-refractivity contribution in [1.82, 2.24) is 5.32 Å². The molecule has 0 spiro atoms. The van der Waals surface area contributed by atoms with E-state index in [2.05, 4.69) is 75.4 Å². The van der Waals surface area contributed by atoms with Crippen LogP contribution in [0.4, 0.5) is 5.69 Å². The fourth-order valence-corrected chi connectivity index (χ4v) is 3.94. The van der Waals surface area contributed by atoms with Crippen LogP contribution in [0.5, 0.6) is 0 Å². The molecule has 37 heavy (non-hydrogen) atoms. The normalized spacial score (nSPS) is 10.4. The standard InChI is InChI=1S/C25H35ClN2O2.C3H8.2CH2O/c1-5-30-24(29)14-8-6-7-11-17-27-25(21-16-15-20(26)18-19(21)2)22-12-9-10-13-23(22)28(3)4;1-3-2;2*1-2/h9-10,12-13,15-16,18,25,27H,5-8,11,14,17H2,1-4H3;3H2,1-2H3;2*1H2. The van der Waals surface area contributed by atoms with Crippen molar-refractivity contribution in [3.8, 4) is 0 Å². The number of nitrogens with zero attached hydrogens (tertiary/aromatic N) is 1. The largest absolute Gasteiger partial charge is 0.466 e. The lowest BCUT2D eigenvalue weighted by Crippen LogP contribution is -2.26. The van der Waals surface area contributed by atoms with Gasteiger partial charge in [0.05, 0.1) is 12.6 Å². The fraction of sp³-hybridized carbons (Fsp3) is 0.500. The van der Waals surface area contributed by atoms with Gasteiger partial charge in [-0.05, 0) is 68.1 Å². The average molecular weight is 535 g/mol. The van der Waals surface area contributed by atoms with Gasteiger partial charge in [-0.2, -0.15) is 0 Å². The van der Waals surface area contributed by atoms with E-state index in [9.17, 15) is 4.79 Å². The third kappa shape index (κ3) is 15.2. The van der Waals surface area contributed by atoms with Crippen molar-refractivity contribution in [1.29, 1.82) is 0 Å². The molecule has 1 atom stereocenters. The third-order valence-electron chi connectivity index (χ3n) is 5.23. The zero-order chi connectivity index (χ0) is 28.6. The molecule has 0 aliphatic carbocycles. The van der Waals surface area contributed by atoms with Gasteiger partial charge in [0, 0.05) is 31.2 Å². The van der Waals surface area contributed by atoms with Gasteiger partial charge in [0.25, 0.3) is 0 Å². The van der Waals surface area contributed by atoms with Crippen molar-refractivity contribution >= 4 is 36.8 Å². The number of carbonyl (C=O) groups excluding carboxylic acids is 3. The molecule has 0 saturated carbocycles. The highest BCUT2D eigenvalue weighted by Crippen LogP contribution is 2.32. The van der Waals surface area contributed by atoms with Crippen LogP contribution in [-0.4, -0.2) is 46.8 Å². The minimum Gasteiger partial charge on any atom is -0.466 e. The molecule has 0 bridgehead atoms. The number of aryl methyl sites for hydroxylation is 1. The molecule has 1 N–H and O–H groups in total. The minimum absolute atomic E-state index is 0.0887. The van der Waals surface area contributed by atoms with Crippen LogP contribution >= 0.6 is 11.6 Å². The lowest BCUT2D eigenvalue weighted by Gasteiger charge is -2.27. The molecule has 208 valence electrons. The Bertz CT molecular complexity index is 859. The first kappa shape index (κ1) is 36.5. The highest BCUT2D eigenvalue weighted by molar-refractivity contribution is 6.30. The molecule has 2 rings (SSSR count). The van der Waals surface area contributed by atoms with Crippen molar-refractivity contribution < 1.29 is 19.1 Å². The number of benzene rings is 2. The molecular formula is C30H47ClN2O4. The Hall–Kier alpha value is -2.70. The fourth-order valence-electron chi connectivity index (χ4n) is 3.72. The number of rotatable bonds is 12. The molecule has 7 heteroatoms. The number of halogens is 1. The first-order chi connectivity index (χ1) is 17.8. The minimum atomic E-state index is -0.0887. The van der Waals surface area contributed by atoms with Gasteiger partial charge >= 0.3 is 5.97 Å². The summed E-state index contributed by atoms with van der Waals surface area (Å²) in [4.78, 5) is 29.6. The van der Waals surface area contributed by atoms with Crippen LogP contribution in [0.3, 0.4) is 0 Å². The monoisotopic (exact) mass is 534 g/mol. The van der Waals surface area contributed by atoms with Gasteiger partial charge in [-0.25, -0.2) is 0 Å². The second kappa shape index (κ2) is 23.7.